The topological polar surface area (TPSA) is 53.4 Å². The predicted molar refractivity (Wildman–Crippen MR) is 66.8 cm³/mol. The summed E-state index contributed by atoms with van der Waals surface area (Å²) in [5.41, 5.74) is 0.124. The molecular weight excluding hydrogens is 240 g/mol. The summed E-state index contributed by atoms with van der Waals surface area (Å²) in [6, 6.07) is 1.85. The molecule has 0 aliphatic carbocycles. The molecule has 4 nitrogen and oxygen atoms in total. The molecule has 1 N–H and O–H groups in total. The van der Waals surface area contributed by atoms with E-state index in [1.165, 1.54) is 12.3 Å². The summed E-state index contributed by atoms with van der Waals surface area (Å²) >= 11 is 6.10. The molecule has 0 bridgehead atoms. The van der Waals surface area contributed by atoms with Gasteiger partial charge in [0.2, 0.25) is 0 Å². The van der Waals surface area contributed by atoms with Crippen molar-refractivity contribution in [2.75, 3.05) is 11.4 Å². The highest BCUT2D eigenvalue weighted by Gasteiger charge is 2.28. The fourth-order valence-electron chi connectivity index (χ4n) is 2.35. The van der Waals surface area contributed by atoms with E-state index in [2.05, 4.69) is 23.7 Å². The van der Waals surface area contributed by atoms with Crippen LogP contribution in [0.15, 0.2) is 12.3 Å². The number of aromatic nitrogens is 1. The largest absolute Gasteiger partial charge is 0.478 e. The lowest BCUT2D eigenvalue weighted by Gasteiger charge is -2.23. The molecule has 1 aliphatic heterocycles. The molecule has 17 heavy (non-hydrogen) atoms. The van der Waals surface area contributed by atoms with Crippen LogP contribution < -0.4 is 4.90 Å². The van der Waals surface area contributed by atoms with Crippen LogP contribution in [0.2, 0.25) is 5.02 Å². The van der Waals surface area contributed by atoms with Gasteiger partial charge in [0, 0.05) is 18.8 Å². The van der Waals surface area contributed by atoms with E-state index >= 15 is 0 Å². The summed E-state index contributed by atoms with van der Waals surface area (Å²) in [6.07, 6.45) is 2.47. The third kappa shape index (κ3) is 2.36. The molecule has 1 aliphatic rings. The number of carboxylic acids is 1. The van der Waals surface area contributed by atoms with Crippen LogP contribution in [0.5, 0.6) is 0 Å². The van der Waals surface area contributed by atoms with Crippen LogP contribution in [0.3, 0.4) is 0 Å². The summed E-state index contributed by atoms with van der Waals surface area (Å²) in [4.78, 5) is 17.1. The number of halogens is 1. The molecule has 1 fully saturated rings. The number of carboxylic acid groups (broad SMARTS) is 1. The van der Waals surface area contributed by atoms with Gasteiger partial charge in [0.1, 0.15) is 5.82 Å². The van der Waals surface area contributed by atoms with Gasteiger partial charge in [0.25, 0.3) is 0 Å². The first-order valence-corrected chi connectivity index (χ1v) is 6.02. The highest BCUT2D eigenvalue weighted by atomic mass is 35.5. The average molecular weight is 255 g/mol. The fourth-order valence-corrected chi connectivity index (χ4v) is 2.63. The Balaban J connectivity index is 2.31. The molecule has 1 aromatic rings. The summed E-state index contributed by atoms with van der Waals surface area (Å²) < 4.78 is 0. The van der Waals surface area contributed by atoms with Crippen LogP contribution in [0.25, 0.3) is 0 Å². The van der Waals surface area contributed by atoms with Crippen LogP contribution in [0.4, 0.5) is 5.82 Å². The SMILES string of the molecule is CC1CC(C)N(c2ncc(C(=O)O)cc2Cl)C1. The number of aromatic carboxylic acids is 1. The molecule has 2 rings (SSSR count). The molecule has 0 aromatic carbocycles. The van der Waals surface area contributed by atoms with E-state index in [1.807, 2.05) is 0 Å². The van der Waals surface area contributed by atoms with Gasteiger partial charge in [-0.15, -0.1) is 0 Å². The van der Waals surface area contributed by atoms with Crippen LogP contribution in [0.1, 0.15) is 30.6 Å². The highest BCUT2D eigenvalue weighted by molar-refractivity contribution is 6.33. The Labute approximate surface area is 105 Å². The molecule has 1 aromatic heterocycles. The number of pyridine rings is 1. The second-order valence-corrected chi connectivity index (χ2v) is 5.08. The first-order valence-electron chi connectivity index (χ1n) is 5.64. The molecule has 0 radical (unpaired) electrons. The van der Waals surface area contributed by atoms with Crippen LogP contribution in [-0.4, -0.2) is 28.6 Å². The smallest absolute Gasteiger partial charge is 0.337 e. The van der Waals surface area contributed by atoms with Gasteiger partial charge in [0.15, 0.2) is 0 Å². The van der Waals surface area contributed by atoms with Crippen LogP contribution in [-0.2, 0) is 0 Å². The standard InChI is InChI=1S/C12H15ClN2O2/c1-7-3-8(2)15(6-7)11-10(13)4-9(5-14-11)12(16)17/h4-5,7-8H,3,6H2,1-2H3,(H,16,17). The Morgan fingerprint density at radius 3 is 2.76 bits per heavy atom. The van der Waals surface area contributed by atoms with Gasteiger partial charge >= 0.3 is 5.97 Å². The molecule has 0 spiro atoms. The van der Waals surface area contributed by atoms with Crippen molar-refractivity contribution in [1.82, 2.24) is 4.98 Å². The molecule has 0 amide bonds. The van der Waals surface area contributed by atoms with E-state index in [4.69, 9.17) is 16.7 Å². The van der Waals surface area contributed by atoms with Crippen molar-refractivity contribution in [3.05, 3.63) is 22.8 Å². The number of carbonyl (C=O) groups is 1. The summed E-state index contributed by atoms with van der Waals surface area (Å²) in [6.45, 7) is 5.24. The number of hydrogen-bond acceptors (Lipinski definition) is 3. The Kier molecular flexibility index (Phi) is 3.24. The van der Waals surface area contributed by atoms with Gasteiger partial charge < -0.3 is 10.0 Å². The first kappa shape index (κ1) is 12.2. The lowest BCUT2D eigenvalue weighted by Crippen LogP contribution is -2.28. The maximum Gasteiger partial charge on any atom is 0.337 e. The number of hydrogen-bond donors (Lipinski definition) is 1. The van der Waals surface area contributed by atoms with E-state index in [9.17, 15) is 4.79 Å². The third-order valence-electron chi connectivity index (χ3n) is 3.12. The monoisotopic (exact) mass is 254 g/mol. The maximum absolute atomic E-state index is 10.8. The summed E-state index contributed by atoms with van der Waals surface area (Å²) in [5.74, 6) is 0.296. The summed E-state index contributed by atoms with van der Waals surface area (Å²) in [5, 5.41) is 9.26. The van der Waals surface area contributed by atoms with Gasteiger partial charge in [-0.1, -0.05) is 18.5 Å². The van der Waals surface area contributed by atoms with E-state index in [-0.39, 0.29) is 5.56 Å². The Morgan fingerprint density at radius 1 is 1.59 bits per heavy atom. The molecule has 1 saturated heterocycles. The normalized spacial score (nSPS) is 24.1. The third-order valence-corrected chi connectivity index (χ3v) is 3.40. The van der Waals surface area contributed by atoms with E-state index < -0.39 is 5.97 Å². The minimum absolute atomic E-state index is 0.124. The van der Waals surface area contributed by atoms with E-state index in [0.29, 0.717) is 22.8 Å². The lowest BCUT2D eigenvalue weighted by atomic mass is 10.1. The first-order chi connectivity index (χ1) is 7.99. The number of nitrogens with zero attached hydrogens (tertiary/aromatic N) is 2. The van der Waals surface area contributed by atoms with Gasteiger partial charge in [-0.3, -0.25) is 0 Å². The van der Waals surface area contributed by atoms with Crippen molar-refractivity contribution in [2.24, 2.45) is 5.92 Å². The zero-order valence-corrected chi connectivity index (χ0v) is 10.6. The van der Waals surface area contributed by atoms with E-state index in [0.717, 1.165) is 13.0 Å². The summed E-state index contributed by atoms with van der Waals surface area (Å²) in [7, 11) is 0. The zero-order chi connectivity index (χ0) is 12.6. The van der Waals surface area contributed by atoms with Crippen molar-refractivity contribution in [2.45, 2.75) is 26.3 Å². The molecule has 92 valence electrons. The Hall–Kier alpha value is -1.29. The van der Waals surface area contributed by atoms with Gasteiger partial charge in [-0.05, 0) is 25.3 Å². The van der Waals surface area contributed by atoms with Crippen molar-refractivity contribution in [1.29, 1.82) is 0 Å². The zero-order valence-electron chi connectivity index (χ0n) is 9.85. The molecule has 2 heterocycles. The predicted octanol–water partition coefficient (Wildman–Crippen LogP) is 2.67. The van der Waals surface area contributed by atoms with Crippen molar-refractivity contribution < 1.29 is 9.90 Å². The fraction of sp³-hybridized carbons (Fsp3) is 0.500. The average Bonchev–Trinajstić information content (AvgIpc) is 2.57. The van der Waals surface area contributed by atoms with Crippen LogP contribution >= 0.6 is 11.6 Å². The molecule has 2 atom stereocenters. The second-order valence-electron chi connectivity index (χ2n) is 4.68. The Bertz CT molecular complexity index is 450. The van der Waals surface area contributed by atoms with Gasteiger partial charge in [-0.2, -0.15) is 0 Å². The van der Waals surface area contributed by atoms with Crippen molar-refractivity contribution in [3.8, 4) is 0 Å². The Morgan fingerprint density at radius 2 is 2.29 bits per heavy atom. The van der Waals surface area contributed by atoms with Crippen molar-refractivity contribution >= 4 is 23.4 Å². The number of anilines is 1. The lowest BCUT2D eigenvalue weighted by molar-refractivity contribution is 0.0696. The molecule has 0 saturated carbocycles. The van der Waals surface area contributed by atoms with E-state index in [1.54, 1.807) is 0 Å². The second kappa shape index (κ2) is 4.53. The minimum atomic E-state index is -1.01. The number of rotatable bonds is 2. The maximum atomic E-state index is 10.8. The minimum Gasteiger partial charge on any atom is -0.478 e. The quantitative estimate of drug-likeness (QED) is 0.882. The van der Waals surface area contributed by atoms with Gasteiger partial charge in [0.05, 0.1) is 10.6 Å². The molecule has 5 heteroatoms. The van der Waals surface area contributed by atoms with Crippen molar-refractivity contribution in [3.63, 3.8) is 0 Å². The highest BCUT2D eigenvalue weighted by Crippen LogP contribution is 2.32. The van der Waals surface area contributed by atoms with Gasteiger partial charge in [-0.25, -0.2) is 9.78 Å². The molecule has 2 unspecified atom stereocenters. The molecular formula is C12H15ClN2O2. The van der Waals surface area contributed by atoms with Crippen LogP contribution in [0, 0.1) is 5.92 Å².